The first kappa shape index (κ1) is 18.3. The number of thiophene rings is 1. The van der Waals surface area contributed by atoms with Gasteiger partial charge in [-0.2, -0.15) is 0 Å². The summed E-state index contributed by atoms with van der Waals surface area (Å²) in [6.45, 7) is 1.50. The number of pyridine rings is 1. The molecule has 1 fully saturated rings. The maximum atomic E-state index is 11.7. The minimum absolute atomic E-state index is 0.0621. The molecule has 0 bridgehead atoms. The van der Waals surface area contributed by atoms with Crippen molar-refractivity contribution in [1.29, 1.82) is 0 Å². The van der Waals surface area contributed by atoms with Crippen LogP contribution in [0.4, 0.5) is 0 Å². The number of carboxylic acids is 1. The van der Waals surface area contributed by atoms with Crippen LogP contribution in [0.25, 0.3) is 20.9 Å². The molecule has 0 radical (unpaired) electrons. The lowest BCUT2D eigenvalue weighted by atomic mass is 9.93. The molecule has 0 spiro atoms. The number of piperidine rings is 1. The topological polar surface area (TPSA) is 53.4 Å². The summed E-state index contributed by atoms with van der Waals surface area (Å²) in [5.41, 5.74) is 1.21. The number of carbonyl (C=O) groups is 1. The van der Waals surface area contributed by atoms with Gasteiger partial charge in [0.05, 0.1) is 12.0 Å². The third-order valence-corrected chi connectivity index (χ3v) is 7.03. The van der Waals surface area contributed by atoms with E-state index >= 15 is 0 Å². The van der Waals surface area contributed by atoms with Crippen molar-refractivity contribution in [2.45, 2.75) is 18.9 Å². The number of aromatic nitrogens is 1. The maximum Gasteiger partial charge on any atom is 0.307 e. The molecule has 1 saturated heterocycles. The van der Waals surface area contributed by atoms with Gasteiger partial charge in [-0.15, -0.1) is 11.3 Å². The van der Waals surface area contributed by atoms with Crippen LogP contribution in [0.5, 0.6) is 0 Å². The number of likely N-dealkylation sites (tertiary alicyclic amines) is 1. The van der Waals surface area contributed by atoms with E-state index in [2.05, 4.69) is 58.4 Å². The molecule has 29 heavy (non-hydrogen) atoms. The molecule has 146 valence electrons. The van der Waals surface area contributed by atoms with Gasteiger partial charge in [0.25, 0.3) is 0 Å². The summed E-state index contributed by atoms with van der Waals surface area (Å²) in [5.74, 6) is -0.986. The average Bonchev–Trinajstić information content (AvgIpc) is 3.17. The van der Waals surface area contributed by atoms with Gasteiger partial charge in [-0.3, -0.25) is 14.7 Å². The molecule has 1 N–H and O–H groups in total. The van der Waals surface area contributed by atoms with Gasteiger partial charge in [0.2, 0.25) is 0 Å². The number of aliphatic carboxylic acids is 1. The largest absolute Gasteiger partial charge is 0.481 e. The Morgan fingerprint density at radius 1 is 1.10 bits per heavy atom. The van der Waals surface area contributed by atoms with Crippen molar-refractivity contribution in [2.75, 3.05) is 13.1 Å². The highest BCUT2D eigenvalue weighted by molar-refractivity contribution is 7.19. The van der Waals surface area contributed by atoms with Crippen molar-refractivity contribution in [3.05, 3.63) is 77.4 Å². The smallest absolute Gasteiger partial charge is 0.307 e. The Labute approximate surface area is 173 Å². The highest BCUT2D eigenvalue weighted by Crippen LogP contribution is 2.39. The molecule has 1 aliphatic rings. The van der Waals surface area contributed by atoms with Crippen molar-refractivity contribution in [2.24, 2.45) is 5.92 Å². The lowest BCUT2D eigenvalue weighted by Gasteiger charge is -2.37. The molecule has 0 saturated carbocycles. The third kappa shape index (κ3) is 3.52. The van der Waals surface area contributed by atoms with E-state index < -0.39 is 5.97 Å². The predicted molar refractivity (Wildman–Crippen MR) is 117 cm³/mol. The molecule has 2 aromatic heterocycles. The zero-order valence-electron chi connectivity index (χ0n) is 16.0. The predicted octanol–water partition coefficient (Wildman–Crippen LogP) is 5.34. The first-order valence-corrected chi connectivity index (χ1v) is 10.8. The van der Waals surface area contributed by atoms with Gasteiger partial charge in [0.15, 0.2) is 0 Å². The fourth-order valence-corrected chi connectivity index (χ4v) is 5.63. The molecule has 0 amide bonds. The fourth-order valence-electron chi connectivity index (χ4n) is 4.41. The monoisotopic (exact) mass is 402 g/mol. The number of hydrogen-bond acceptors (Lipinski definition) is 4. The molecule has 4 aromatic rings. The van der Waals surface area contributed by atoms with E-state index in [-0.39, 0.29) is 12.0 Å². The Balaban J connectivity index is 1.62. The van der Waals surface area contributed by atoms with Gasteiger partial charge < -0.3 is 5.11 Å². The second kappa shape index (κ2) is 7.58. The third-order valence-electron chi connectivity index (χ3n) is 5.86. The van der Waals surface area contributed by atoms with E-state index in [1.165, 1.54) is 20.5 Å². The van der Waals surface area contributed by atoms with Gasteiger partial charge in [0, 0.05) is 33.9 Å². The van der Waals surface area contributed by atoms with Crippen molar-refractivity contribution < 1.29 is 9.90 Å². The van der Waals surface area contributed by atoms with Crippen LogP contribution in [0.1, 0.15) is 29.3 Å². The van der Waals surface area contributed by atoms with Crippen molar-refractivity contribution in [3.63, 3.8) is 0 Å². The molecular weight excluding hydrogens is 380 g/mol. The van der Waals surface area contributed by atoms with E-state index in [0.717, 1.165) is 30.2 Å². The quantitative estimate of drug-likeness (QED) is 0.501. The van der Waals surface area contributed by atoms with E-state index in [1.54, 1.807) is 0 Å². The molecule has 5 heteroatoms. The summed E-state index contributed by atoms with van der Waals surface area (Å²) in [6, 6.07) is 19.3. The summed E-state index contributed by atoms with van der Waals surface area (Å²) in [4.78, 5) is 19.5. The number of carboxylic acid groups (broad SMARTS) is 1. The van der Waals surface area contributed by atoms with Gasteiger partial charge in [0.1, 0.15) is 0 Å². The lowest BCUT2D eigenvalue weighted by molar-refractivity contribution is -0.143. The van der Waals surface area contributed by atoms with E-state index in [0.29, 0.717) is 6.54 Å². The molecule has 2 aromatic carbocycles. The zero-order chi connectivity index (χ0) is 19.8. The van der Waals surface area contributed by atoms with Crippen molar-refractivity contribution in [3.8, 4) is 0 Å². The van der Waals surface area contributed by atoms with Crippen LogP contribution in [0, 0.1) is 5.92 Å². The number of rotatable bonds is 4. The van der Waals surface area contributed by atoms with Crippen LogP contribution in [0.15, 0.2) is 67.0 Å². The SMILES string of the molecule is O=C(O)C1CCCN(C(c2ccc3cnccc3c2)c2cc3ccccc3s2)C1. The second-order valence-corrected chi connectivity index (χ2v) is 8.86. The lowest BCUT2D eigenvalue weighted by Crippen LogP contribution is -2.41. The Bertz CT molecular complexity index is 1150. The van der Waals surface area contributed by atoms with Gasteiger partial charge in [-0.25, -0.2) is 0 Å². The standard InChI is InChI=1S/C24H22N2O2S/c27-24(28)20-5-3-11-26(15-20)23(22-13-17-4-1-2-6-21(17)29-22)18-7-8-19-14-25-10-9-16(19)12-18/h1-2,4,6-10,12-14,20,23H,3,5,11,15H2,(H,27,28). The normalized spacial score (nSPS) is 18.8. The Hall–Kier alpha value is -2.76. The maximum absolute atomic E-state index is 11.7. The first-order valence-electron chi connectivity index (χ1n) is 9.98. The average molecular weight is 403 g/mol. The van der Waals surface area contributed by atoms with Crippen LogP contribution in [0.2, 0.25) is 0 Å². The molecule has 2 unspecified atom stereocenters. The number of hydrogen-bond donors (Lipinski definition) is 1. The second-order valence-electron chi connectivity index (χ2n) is 7.74. The molecule has 4 nitrogen and oxygen atoms in total. The summed E-state index contributed by atoms with van der Waals surface area (Å²) in [5, 5.41) is 13.1. The molecule has 0 aliphatic carbocycles. The minimum atomic E-state index is -0.686. The minimum Gasteiger partial charge on any atom is -0.481 e. The van der Waals surface area contributed by atoms with Crippen molar-refractivity contribution >= 4 is 38.2 Å². The number of fused-ring (bicyclic) bond motifs is 2. The van der Waals surface area contributed by atoms with Gasteiger partial charge in [-0.05, 0) is 60.0 Å². The zero-order valence-corrected chi connectivity index (χ0v) is 16.8. The highest BCUT2D eigenvalue weighted by atomic mass is 32.1. The molecule has 5 rings (SSSR count). The van der Waals surface area contributed by atoms with Crippen LogP contribution in [-0.2, 0) is 4.79 Å². The van der Waals surface area contributed by atoms with E-state index in [1.807, 2.05) is 29.8 Å². The van der Waals surface area contributed by atoms with Crippen LogP contribution < -0.4 is 0 Å². The van der Waals surface area contributed by atoms with Crippen LogP contribution in [0.3, 0.4) is 0 Å². The summed E-state index contributed by atoms with van der Waals surface area (Å²) in [6.07, 6.45) is 5.38. The van der Waals surface area contributed by atoms with Crippen LogP contribution in [-0.4, -0.2) is 34.0 Å². The van der Waals surface area contributed by atoms with Gasteiger partial charge in [-0.1, -0.05) is 30.3 Å². The summed E-state index contributed by atoms with van der Waals surface area (Å²) < 4.78 is 1.27. The summed E-state index contributed by atoms with van der Waals surface area (Å²) >= 11 is 1.81. The van der Waals surface area contributed by atoms with Crippen LogP contribution >= 0.6 is 11.3 Å². The van der Waals surface area contributed by atoms with E-state index in [9.17, 15) is 9.90 Å². The summed E-state index contributed by atoms with van der Waals surface area (Å²) in [7, 11) is 0. The first-order chi connectivity index (χ1) is 14.2. The molecule has 3 heterocycles. The highest BCUT2D eigenvalue weighted by Gasteiger charge is 2.32. The Morgan fingerprint density at radius 2 is 2.00 bits per heavy atom. The van der Waals surface area contributed by atoms with Gasteiger partial charge >= 0.3 is 5.97 Å². The fraction of sp³-hybridized carbons (Fsp3) is 0.250. The van der Waals surface area contributed by atoms with Crippen molar-refractivity contribution in [1.82, 2.24) is 9.88 Å². The molecular formula is C24H22N2O2S. The number of benzene rings is 2. The Kier molecular flexibility index (Phi) is 4.78. The number of nitrogens with zero attached hydrogens (tertiary/aromatic N) is 2. The molecule has 1 aliphatic heterocycles. The Morgan fingerprint density at radius 3 is 2.86 bits per heavy atom. The molecule has 2 atom stereocenters. The van der Waals surface area contributed by atoms with E-state index in [4.69, 9.17) is 0 Å².